The van der Waals surface area contributed by atoms with Crippen molar-refractivity contribution in [2.45, 2.75) is 37.8 Å². The van der Waals surface area contributed by atoms with Crippen LogP contribution in [0.1, 0.15) is 47.7 Å². The first-order valence-electron chi connectivity index (χ1n) is 10.2. The van der Waals surface area contributed by atoms with Crippen molar-refractivity contribution in [1.82, 2.24) is 10.2 Å². The van der Waals surface area contributed by atoms with Crippen LogP contribution >= 0.6 is 0 Å². The molecule has 2 aromatic carbocycles. The number of benzene rings is 2. The lowest BCUT2D eigenvalue weighted by Crippen LogP contribution is -2.40. The minimum Gasteiger partial charge on any atom is -0.338 e. The maximum absolute atomic E-state index is 13.5. The van der Waals surface area contributed by atoms with Crippen LogP contribution in [0.5, 0.6) is 0 Å². The summed E-state index contributed by atoms with van der Waals surface area (Å²) in [7, 11) is 1.44. The molecule has 32 heavy (non-hydrogen) atoms. The maximum atomic E-state index is 13.5. The molecule has 0 radical (unpaired) electrons. The summed E-state index contributed by atoms with van der Waals surface area (Å²) in [6.45, 7) is 2.08. The Morgan fingerprint density at radius 1 is 1.03 bits per heavy atom. The minimum atomic E-state index is -4.94. The van der Waals surface area contributed by atoms with E-state index in [1.807, 2.05) is 30.3 Å². The zero-order chi connectivity index (χ0) is 23.5. The van der Waals surface area contributed by atoms with Gasteiger partial charge in [-0.2, -0.15) is 26.3 Å². The Morgan fingerprint density at radius 3 is 2.09 bits per heavy atom. The van der Waals surface area contributed by atoms with Gasteiger partial charge in [-0.1, -0.05) is 30.3 Å². The molecule has 9 heteroatoms. The Labute approximate surface area is 181 Å². The second kappa shape index (κ2) is 7.50. The normalized spacial score (nSPS) is 25.9. The third-order valence-corrected chi connectivity index (χ3v) is 6.76. The van der Waals surface area contributed by atoms with Crippen molar-refractivity contribution in [2.75, 3.05) is 13.6 Å². The van der Waals surface area contributed by atoms with Crippen LogP contribution in [0.2, 0.25) is 0 Å². The van der Waals surface area contributed by atoms with Crippen molar-refractivity contribution in [1.29, 1.82) is 0 Å². The van der Waals surface area contributed by atoms with Gasteiger partial charge in [-0.15, -0.1) is 0 Å². The Kier molecular flexibility index (Phi) is 5.31. The monoisotopic (exact) mass is 456 g/mol. The molecule has 1 aliphatic carbocycles. The summed E-state index contributed by atoms with van der Waals surface area (Å²) in [5.74, 6) is -0.193. The molecule has 1 N–H and O–H groups in total. The van der Waals surface area contributed by atoms with Crippen molar-refractivity contribution in [3.8, 4) is 0 Å². The molecule has 1 saturated heterocycles. The molecule has 1 amide bonds. The molecule has 1 saturated carbocycles. The van der Waals surface area contributed by atoms with E-state index in [1.54, 1.807) is 0 Å². The summed E-state index contributed by atoms with van der Waals surface area (Å²) >= 11 is 0. The molecule has 0 aromatic heterocycles. The molecule has 1 heterocycles. The maximum Gasteiger partial charge on any atom is 0.416 e. The lowest BCUT2D eigenvalue weighted by molar-refractivity contribution is -0.143. The minimum absolute atomic E-state index is 0.0853. The molecule has 4 atom stereocenters. The molecule has 3 nitrogen and oxygen atoms in total. The Balaban J connectivity index is 1.65. The number of amides is 1. The zero-order valence-corrected chi connectivity index (χ0v) is 17.4. The van der Waals surface area contributed by atoms with Gasteiger partial charge in [0, 0.05) is 13.1 Å². The molecule has 172 valence electrons. The quantitative estimate of drug-likeness (QED) is 0.608. The number of carbonyl (C=O) groups excluding carboxylic acids is 1. The average Bonchev–Trinajstić information content (AvgIpc) is 3.36. The molecule has 0 bridgehead atoms. The molecular weight excluding hydrogens is 434 g/mol. The van der Waals surface area contributed by atoms with Crippen LogP contribution in [0.3, 0.4) is 0 Å². The molecule has 2 aliphatic rings. The molecular formula is C23H22F6N2O. The van der Waals surface area contributed by atoms with Crippen LogP contribution < -0.4 is 5.32 Å². The zero-order valence-electron chi connectivity index (χ0n) is 17.4. The molecule has 2 unspecified atom stereocenters. The van der Waals surface area contributed by atoms with Crippen molar-refractivity contribution >= 4 is 5.91 Å². The van der Waals surface area contributed by atoms with Gasteiger partial charge in [0.2, 0.25) is 5.91 Å². The highest BCUT2D eigenvalue weighted by Crippen LogP contribution is 2.65. The lowest BCUT2D eigenvalue weighted by Gasteiger charge is -2.32. The summed E-state index contributed by atoms with van der Waals surface area (Å²) in [5, 5.41) is 3.34. The summed E-state index contributed by atoms with van der Waals surface area (Å²) in [6.07, 6.45) is -9.25. The van der Waals surface area contributed by atoms with Crippen LogP contribution in [0.4, 0.5) is 26.3 Å². The van der Waals surface area contributed by atoms with Crippen molar-refractivity contribution in [3.63, 3.8) is 0 Å². The highest BCUT2D eigenvalue weighted by atomic mass is 19.4. The van der Waals surface area contributed by atoms with E-state index >= 15 is 0 Å². The summed E-state index contributed by atoms with van der Waals surface area (Å²) in [5.41, 5.74) is -2.79. The van der Waals surface area contributed by atoms with Gasteiger partial charge in [0.15, 0.2) is 0 Å². The van der Waals surface area contributed by atoms with Crippen molar-refractivity contribution in [2.24, 2.45) is 11.3 Å². The van der Waals surface area contributed by atoms with E-state index in [2.05, 4.69) is 5.32 Å². The Bertz CT molecular complexity index is 987. The second-order valence-electron chi connectivity index (χ2n) is 8.62. The van der Waals surface area contributed by atoms with Gasteiger partial charge in [-0.25, -0.2) is 0 Å². The van der Waals surface area contributed by atoms with Crippen LogP contribution in [-0.2, 0) is 17.1 Å². The lowest BCUT2D eigenvalue weighted by atomic mass is 9.88. The van der Waals surface area contributed by atoms with Gasteiger partial charge in [-0.3, -0.25) is 4.79 Å². The molecule has 2 aromatic rings. The first kappa shape index (κ1) is 22.6. The van der Waals surface area contributed by atoms with Gasteiger partial charge in [0.1, 0.15) is 0 Å². The first-order valence-corrected chi connectivity index (χ1v) is 10.2. The number of nitrogens with one attached hydrogen (secondary N) is 1. The highest BCUT2D eigenvalue weighted by molar-refractivity contribution is 5.88. The van der Waals surface area contributed by atoms with E-state index in [0.717, 1.165) is 5.56 Å². The Hall–Kier alpha value is -2.55. The van der Waals surface area contributed by atoms with E-state index in [9.17, 15) is 31.1 Å². The predicted molar refractivity (Wildman–Crippen MR) is 105 cm³/mol. The van der Waals surface area contributed by atoms with Crippen molar-refractivity contribution < 1.29 is 31.1 Å². The second-order valence-corrected chi connectivity index (χ2v) is 8.62. The summed E-state index contributed by atoms with van der Waals surface area (Å²) in [6, 6.07) is 9.63. The highest BCUT2D eigenvalue weighted by Gasteiger charge is 2.68. The SMILES string of the molecule is CC(c1cc(C(F)(F)F)cc(C(F)(F)F)c1)N(C)C(=O)C12C[C@@H]1CN[C@H]2c1ccccc1. The van der Waals surface area contributed by atoms with E-state index in [4.69, 9.17) is 0 Å². The Morgan fingerprint density at radius 2 is 1.59 bits per heavy atom. The number of carbonyl (C=O) groups is 1. The third kappa shape index (κ3) is 3.76. The molecule has 1 aliphatic heterocycles. The number of nitrogens with zero attached hydrogens (tertiary/aromatic N) is 1. The standard InChI is InChI=1S/C23H22F6N2O/c1-13(15-8-16(22(24,25)26)10-17(9-15)23(27,28)29)31(2)20(32)21-11-18(21)12-30-19(21)14-6-4-3-5-7-14/h3-10,13,18-19,30H,11-12H2,1-2H3/t13?,18-,19+,21?/m1/s1. The smallest absolute Gasteiger partial charge is 0.338 e. The van der Waals surface area contributed by atoms with Crippen LogP contribution in [0.25, 0.3) is 0 Å². The van der Waals surface area contributed by atoms with Gasteiger partial charge in [0.25, 0.3) is 0 Å². The van der Waals surface area contributed by atoms with E-state index in [1.165, 1.54) is 18.9 Å². The van der Waals surface area contributed by atoms with Gasteiger partial charge in [-0.05, 0) is 55.1 Å². The van der Waals surface area contributed by atoms with E-state index in [-0.39, 0.29) is 29.5 Å². The fourth-order valence-electron chi connectivity index (χ4n) is 4.79. The third-order valence-electron chi connectivity index (χ3n) is 6.76. The summed E-state index contributed by atoms with van der Waals surface area (Å²) in [4.78, 5) is 14.8. The van der Waals surface area contributed by atoms with Gasteiger partial charge < -0.3 is 10.2 Å². The largest absolute Gasteiger partial charge is 0.416 e. The number of hydrogen-bond donors (Lipinski definition) is 1. The number of piperidine rings is 1. The van der Waals surface area contributed by atoms with Crippen molar-refractivity contribution in [3.05, 3.63) is 70.8 Å². The number of fused-ring (bicyclic) bond motifs is 1. The fourth-order valence-corrected chi connectivity index (χ4v) is 4.79. The number of halogens is 6. The van der Waals surface area contributed by atoms with Gasteiger partial charge in [0.05, 0.1) is 22.6 Å². The fraction of sp³-hybridized carbons (Fsp3) is 0.435. The van der Waals surface area contributed by atoms with Crippen LogP contribution in [0, 0.1) is 11.3 Å². The predicted octanol–water partition coefficient (Wildman–Crippen LogP) is 5.59. The molecule has 2 fully saturated rings. The topological polar surface area (TPSA) is 32.3 Å². The number of hydrogen-bond acceptors (Lipinski definition) is 2. The number of alkyl halides is 6. The van der Waals surface area contributed by atoms with Crippen LogP contribution in [0.15, 0.2) is 48.5 Å². The molecule has 0 spiro atoms. The van der Waals surface area contributed by atoms with E-state index in [0.29, 0.717) is 25.1 Å². The van der Waals surface area contributed by atoms with Gasteiger partial charge >= 0.3 is 12.4 Å². The first-order chi connectivity index (χ1) is 14.9. The molecule has 4 rings (SSSR count). The summed E-state index contributed by atoms with van der Waals surface area (Å²) < 4.78 is 79.5. The van der Waals surface area contributed by atoms with Crippen LogP contribution in [-0.4, -0.2) is 24.4 Å². The van der Waals surface area contributed by atoms with E-state index < -0.39 is 34.9 Å². The number of rotatable bonds is 4. The average molecular weight is 456 g/mol.